The Kier molecular flexibility index (Phi) is 25.7. The van der Waals surface area contributed by atoms with Crippen molar-refractivity contribution in [1.29, 1.82) is 0 Å². The lowest BCUT2D eigenvalue weighted by Gasteiger charge is -2.27. The Balaban J connectivity index is 1.60. The highest BCUT2D eigenvalue weighted by Gasteiger charge is 2.33. The van der Waals surface area contributed by atoms with Crippen molar-refractivity contribution in [2.24, 2.45) is 17.4 Å². The second-order valence-corrected chi connectivity index (χ2v) is 16.8. The molecule has 64 heavy (non-hydrogen) atoms. The lowest BCUT2D eigenvalue weighted by Crippen LogP contribution is -2.60. The van der Waals surface area contributed by atoms with Crippen LogP contribution in [0.4, 0.5) is 0 Å². The van der Waals surface area contributed by atoms with E-state index in [1.165, 1.54) is 6.92 Å². The van der Waals surface area contributed by atoms with Gasteiger partial charge in [-0.25, -0.2) is 4.79 Å². The maximum Gasteiger partial charge on any atom is 0.326 e. The number of rotatable bonds is 33. The number of aliphatic carboxylic acids is 1. The molecule has 17 heteroatoms. The first-order valence-corrected chi connectivity index (χ1v) is 22.5. The van der Waals surface area contributed by atoms with Crippen LogP contribution >= 0.6 is 0 Å². The number of hydrogen-bond acceptors (Lipinski definition) is 9. The summed E-state index contributed by atoms with van der Waals surface area (Å²) in [5, 5.41) is 32.8. The molecule has 11 N–H and O–H groups in total. The van der Waals surface area contributed by atoms with Gasteiger partial charge in [0.05, 0.1) is 12.5 Å². The van der Waals surface area contributed by atoms with Crippen LogP contribution in [0.1, 0.15) is 128 Å². The molecule has 7 amide bonds. The maximum atomic E-state index is 13.2. The number of carboxylic acid groups (broad SMARTS) is 1. The Morgan fingerprint density at radius 2 is 0.906 bits per heavy atom. The van der Waals surface area contributed by atoms with Gasteiger partial charge in [0.15, 0.2) is 0 Å². The Bertz CT molecular complexity index is 1780. The zero-order valence-electron chi connectivity index (χ0n) is 37.7. The van der Waals surface area contributed by atoms with E-state index in [1.807, 2.05) is 30.3 Å². The molecule has 2 rings (SSSR count). The van der Waals surface area contributed by atoms with Crippen molar-refractivity contribution in [3.63, 3.8) is 0 Å². The van der Waals surface area contributed by atoms with E-state index < -0.39 is 84.1 Å². The van der Waals surface area contributed by atoms with Gasteiger partial charge < -0.3 is 48.3 Å². The molecular weight excluding hydrogens is 823 g/mol. The smallest absolute Gasteiger partial charge is 0.326 e. The minimum Gasteiger partial charge on any atom is -0.480 e. The molecule has 0 aliphatic carbocycles. The minimum absolute atomic E-state index is 0.0343. The summed E-state index contributed by atoms with van der Waals surface area (Å²) in [5.41, 5.74) is 12.4. The van der Waals surface area contributed by atoms with Crippen LogP contribution in [-0.4, -0.2) is 93.8 Å². The molecule has 0 aliphatic rings. The third-order valence-corrected chi connectivity index (χ3v) is 10.8. The Labute approximate surface area is 377 Å². The number of unbranched alkanes of at least 4 members (excludes halogenated alkanes) is 11. The standard InChI is InChI=1S/C47H71N7O10/c1-31(2)41(45(61)51-35(43(49)59)28-33-22-16-14-17-23-33)54-46(62)42(32(3)55)53-40(58)27-21-13-11-9-7-5-4-6-8-10-12-20-26-39(57)50-36(30-38(48)56)44(60)52-37(47(63)64)29-34-24-18-15-19-25-34/h14-19,22-25,31-32,35-37,41-42,55H,4-13,20-21,26-30H2,1-3H3,(H2,48,56)(H2,49,59)(H,50,57)(H,51,61)(H,52,60)(H,53,58)(H,54,62)(H,63,64)/t32?,35-,36-,37-,41-,42-/m0/s1. The summed E-state index contributed by atoms with van der Waals surface area (Å²) in [7, 11) is 0. The number of primary amides is 2. The van der Waals surface area contributed by atoms with E-state index in [0.717, 1.165) is 69.8 Å². The lowest BCUT2D eigenvalue weighted by molar-refractivity contribution is -0.142. The van der Waals surface area contributed by atoms with E-state index in [1.54, 1.807) is 44.2 Å². The molecule has 2 aromatic rings. The molecule has 0 heterocycles. The molecule has 0 saturated carbocycles. The maximum absolute atomic E-state index is 13.2. The molecule has 0 saturated heterocycles. The van der Waals surface area contributed by atoms with Crippen molar-refractivity contribution in [2.75, 3.05) is 0 Å². The first kappa shape index (κ1) is 54.3. The summed E-state index contributed by atoms with van der Waals surface area (Å²) in [5.74, 6) is -6.06. The number of carbonyl (C=O) groups excluding carboxylic acids is 7. The van der Waals surface area contributed by atoms with E-state index in [-0.39, 0.29) is 37.5 Å². The zero-order valence-corrected chi connectivity index (χ0v) is 37.7. The van der Waals surface area contributed by atoms with E-state index in [0.29, 0.717) is 18.4 Å². The second-order valence-electron chi connectivity index (χ2n) is 16.8. The van der Waals surface area contributed by atoms with Crippen LogP contribution in [0.5, 0.6) is 0 Å². The van der Waals surface area contributed by atoms with Gasteiger partial charge >= 0.3 is 5.97 Å². The van der Waals surface area contributed by atoms with Crippen molar-refractivity contribution in [3.05, 3.63) is 71.8 Å². The topological polar surface area (TPSA) is 289 Å². The molecule has 0 bridgehead atoms. The van der Waals surface area contributed by atoms with Gasteiger partial charge in [0.1, 0.15) is 30.2 Å². The quantitative estimate of drug-likeness (QED) is 0.0473. The third kappa shape index (κ3) is 22.5. The number of aliphatic hydroxyl groups is 1. The van der Waals surface area contributed by atoms with E-state index in [2.05, 4.69) is 26.6 Å². The largest absolute Gasteiger partial charge is 0.480 e. The van der Waals surface area contributed by atoms with Gasteiger partial charge in [-0.3, -0.25) is 33.6 Å². The SMILES string of the molecule is CC(C)[C@H](NC(=O)[C@@H](NC(=O)CCCCCCCCCCCCCCC(=O)N[C@@H](CC(N)=O)C(=O)N[C@@H](Cc1ccccc1)C(=O)O)C(C)O)C(=O)N[C@@H](Cc1ccccc1)C(N)=O. The zero-order chi connectivity index (χ0) is 47.4. The molecule has 0 fully saturated rings. The number of hydrogen-bond donors (Lipinski definition) is 9. The predicted molar refractivity (Wildman–Crippen MR) is 242 cm³/mol. The summed E-state index contributed by atoms with van der Waals surface area (Å²) in [6, 6.07) is 12.0. The number of amides is 7. The van der Waals surface area contributed by atoms with Gasteiger partial charge in [-0.1, -0.05) is 139 Å². The summed E-state index contributed by atoms with van der Waals surface area (Å²) >= 11 is 0. The van der Waals surface area contributed by atoms with Gasteiger partial charge in [-0.2, -0.15) is 0 Å². The fraction of sp³-hybridized carbons (Fsp3) is 0.574. The first-order chi connectivity index (χ1) is 30.5. The van der Waals surface area contributed by atoms with Crippen LogP contribution < -0.4 is 38.1 Å². The minimum atomic E-state index is -1.28. The van der Waals surface area contributed by atoms with Crippen LogP contribution in [0.3, 0.4) is 0 Å². The Hall–Kier alpha value is -5.84. The fourth-order valence-corrected chi connectivity index (χ4v) is 7.10. The molecule has 0 aromatic heterocycles. The molecule has 17 nitrogen and oxygen atoms in total. The van der Waals surface area contributed by atoms with Crippen LogP contribution in [0, 0.1) is 5.92 Å². The molecule has 2 aromatic carbocycles. The fourth-order valence-electron chi connectivity index (χ4n) is 7.10. The normalized spacial score (nSPS) is 13.9. The predicted octanol–water partition coefficient (Wildman–Crippen LogP) is 2.84. The van der Waals surface area contributed by atoms with E-state index in [9.17, 15) is 48.6 Å². The number of carbonyl (C=O) groups is 8. The number of aliphatic hydroxyl groups excluding tert-OH is 1. The number of carboxylic acids is 1. The van der Waals surface area contributed by atoms with Crippen molar-refractivity contribution in [2.45, 2.75) is 166 Å². The van der Waals surface area contributed by atoms with Crippen molar-refractivity contribution < 1.29 is 48.6 Å². The third-order valence-electron chi connectivity index (χ3n) is 10.8. The van der Waals surface area contributed by atoms with Crippen LogP contribution in [0.25, 0.3) is 0 Å². The average molecular weight is 894 g/mol. The van der Waals surface area contributed by atoms with Gasteiger partial charge in [0.2, 0.25) is 41.4 Å². The first-order valence-electron chi connectivity index (χ1n) is 22.5. The van der Waals surface area contributed by atoms with Crippen molar-refractivity contribution in [3.8, 4) is 0 Å². The van der Waals surface area contributed by atoms with Gasteiger partial charge in [0.25, 0.3) is 0 Å². The van der Waals surface area contributed by atoms with Crippen LogP contribution in [0.2, 0.25) is 0 Å². The summed E-state index contributed by atoms with van der Waals surface area (Å²) in [6.45, 7) is 4.83. The highest BCUT2D eigenvalue weighted by atomic mass is 16.4. The molecule has 0 radical (unpaired) electrons. The summed E-state index contributed by atoms with van der Waals surface area (Å²) < 4.78 is 0. The van der Waals surface area contributed by atoms with E-state index in [4.69, 9.17) is 11.5 Å². The summed E-state index contributed by atoms with van der Waals surface area (Å²) in [4.78, 5) is 100. The van der Waals surface area contributed by atoms with E-state index >= 15 is 0 Å². The molecule has 354 valence electrons. The van der Waals surface area contributed by atoms with Crippen LogP contribution in [-0.2, 0) is 51.2 Å². The molecular formula is C47H71N7O10. The Morgan fingerprint density at radius 3 is 1.31 bits per heavy atom. The molecule has 0 spiro atoms. The van der Waals surface area contributed by atoms with Crippen molar-refractivity contribution in [1.82, 2.24) is 26.6 Å². The number of nitrogens with one attached hydrogen (secondary N) is 5. The van der Waals surface area contributed by atoms with Gasteiger partial charge in [0, 0.05) is 25.7 Å². The van der Waals surface area contributed by atoms with Gasteiger partial charge in [-0.15, -0.1) is 0 Å². The molecule has 0 aliphatic heterocycles. The average Bonchev–Trinajstić information content (AvgIpc) is 3.24. The van der Waals surface area contributed by atoms with Crippen LogP contribution in [0.15, 0.2) is 60.7 Å². The molecule has 1 unspecified atom stereocenters. The lowest BCUT2D eigenvalue weighted by atomic mass is 10.00. The number of benzene rings is 2. The second kappa shape index (κ2) is 30.3. The molecule has 6 atom stereocenters. The van der Waals surface area contributed by atoms with Gasteiger partial charge in [-0.05, 0) is 36.8 Å². The monoisotopic (exact) mass is 894 g/mol. The Morgan fingerprint density at radius 1 is 0.500 bits per heavy atom. The van der Waals surface area contributed by atoms with Crippen molar-refractivity contribution >= 4 is 47.3 Å². The highest BCUT2D eigenvalue weighted by Crippen LogP contribution is 2.14. The number of nitrogens with two attached hydrogens (primary N) is 2. The highest BCUT2D eigenvalue weighted by molar-refractivity contribution is 5.95. The summed E-state index contributed by atoms with van der Waals surface area (Å²) in [6.07, 6.45) is 9.94.